The molecule has 2 aromatic rings. The lowest BCUT2D eigenvalue weighted by molar-refractivity contribution is -0.0593. The molecule has 3 rings (SSSR count). The molecule has 1 aliphatic heterocycles. The molecule has 106 valence electrons. The average molecular weight is 277 g/mol. The second kappa shape index (κ2) is 5.29. The molecule has 0 saturated carbocycles. The molecule has 7 nitrogen and oxygen atoms in total. The number of benzene rings is 1. The SMILES string of the molecule is OC[C@H]1O[C@@H](n2cc(-c3ccccc3)nn2)[C@H](O)[C@@H]1O. The molecule has 1 aromatic carbocycles. The van der Waals surface area contributed by atoms with E-state index in [2.05, 4.69) is 10.3 Å². The lowest BCUT2D eigenvalue weighted by Crippen LogP contribution is -2.33. The van der Waals surface area contributed by atoms with E-state index in [4.69, 9.17) is 9.84 Å². The van der Waals surface area contributed by atoms with Crippen molar-refractivity contribution in [2.24, 2.45) is 0 Å². The van der Waals surface area contributed by atoms with Crippen molar-refractivity contribution in [2.45, 2.75) is 24.5 Å². The third-order valence-corrected chi connectivity index (χ3v) is 3.36. The predicted molar refractivity (Wildman–Crippen MR) is 68.5 cm³/mol. The number of aliphatic hydroxyl groups excluding tert-OH is 3. The van der Waals surface area contributed by atoms with Gasteiger partial charge in [0.2, 0.25) is 0 Å². The number of aromatic nitrogens is 3. The Balaban J connectivity index is 1.84. The Kier molecular flexibility index (Phi) is 3.49. The quantitative estimate of drug-likeness (QED) is 0.703. The van der Waals surface area contributed by atoms with Crippen molar-refractivity contribution in [1.29, 1.82) is 0 Å². The van der Waals surface area contributed by atoms with Crippen LogP contribution in [0.25, 0.3) is 11.3 Å². The van der Waals surface area contributed by atoms with E-state index in [0.717, 1.165) is 5.56 Å². The standard InChI is InChI=1S/C13H15N3O4/c17-7-10-11(18)12(19)13(20-10)16-6-9(14-15-16)8-4-2-1-3-5-8/h1-6,10-13,17-19H,7H2/t10-,11-,12-,13-/m1/s1. The smallest absolute Gasteiger partial charge is 0.180 e. The fourth-order valence-electron chi connectivity index (χ4n) is 2.24. The van der Waals surface area contributed by atoms with Crippen molar-refractivity contribution < 1.29 is 20.1 Å². The summed E-state index contributed by atoms with van der Waals surface area (Å²) in [5.74, 6) is 0. The highest BCUT2D eigenvalue weighted by atomic mass is 16.6. The van der Waals surface area contributed by atoms with E-state index in [1.165, 1.54) is 4.68 Å². The fourth-order valence-corrected chi connectivity index (χ4v) is 2.24. The Morgan fingerprint density at radius 3 is 2.55 bits per heavy atom. The molecular weight excluding hydrogens is 262 g/mol. The van der Waals surface area contributed by atoms with Crippen molar-refractivity contribution in [1.82, 2.24) is 15.0 Å². The summed E-state index contributed by atoms with van der Waals surface area (Å²) in [6, 6.07) is 9.47. The summed E-state index contributed by atoms with van der Waals surface area (Å²) in [6.07, 6.45) is -2.34. The van der Waals surface area contributed by atoms with Gasteiger partial charge in [-0.15, -0.1) is 5.10 Å². The van der Waals surface area contributed by atoms with Gasteiger partial charge in [0.05, 0.1) is 12.8 Å². The van der Waals surface area contributed by atoms with Crippen LogP contribution >= 0.6 is 0 Å². The number of hydrogen-bond donors (Lipinski definition) is 3. The maximum atomic E-state index is 9.92. The molecule has 1 aromatic heterocycles. The number of aliphatic hydroxyl groups is 3. The van der Waals surface area contributed by atoms with Crippen LogP contribution in [0.1, 0.15) is 6.23 Å². The average Bonchev–Trinajstić information content (AvgIpc) is 3.07. The molecule has 7 heteroatoms. The van der Waals surface area contributed by atoms with Gasteiger partial charge in [-0.1, -0.05) is 35.5 Å². The Morgan fingerprint density at radius 1 is 1.15 bits per heavy atom. The first-order chi connectivity index (χ1) is 9.70. The van der Waals surface area contributed by atoms with Crippen LogP contribution in [-0.2, 0) is 4.74 Å². The van der Waals surface area contributed by atoms with Crippen LogP contribution in [0.15, 0.2) is 36.5 Å². The lowest BCUT2D eigenvalue weighted by Gasteiger charge is -2.13. The normalized spacial score (nSPS) is 29.8. The second-order valence-corrected chi connectivity index (χ2v) is 4.68. The largest absolute Gasteiger partial charge is 0.394 e. The minimum Gasteiger partial charge on any atom is -0.394 e. The van der Waals surface area contributed by atoms with E-state index in [0.29, 0.717) is 5.69 Å². The lowest BCUT2D eigenvalue weighted by atomic mass is 10.1. The molecule has 20 heavy (non-hydrogen) atoms. The summed E-state index contributed by atoms with van der Waals surface area (Å²) in [4.78, 5) is 0. The van der Waals surface area contributed by atoms with Gasteiger partial charge >= 0.3 is 0 Å². The summed E-state index contributed by atoms with van der Waals surface area (Å²) >= 11 is 0. The Morgan fingerprint density at radius 2 is 1.90 bits per heavy atom. The monoisotopic (exact) mass is 277 g/mol. The van der Waals surface area contributed by atoms with Gasteiger partial charge in [-0.3, -0.25) is 0 Å². The number of rotatable bonds is 3. The van der Waals surface area contributed by atoms with Gasteiger partial charge < -0.3 is 20.1 Å². The van der Waals surface area contributed by atoms with Gasteiger partial charge in [0.1, 0.15) is 24.0 Å². The third-order valence-electron chi connectivity index (χ3n) is 3.36. The minimum absolute atomic E-state index is 0.366. The van der Waals surface area contributed by atoms with Crippen molar-refractivity contribution in [3.8, 4) is 11.3 Å². The van der Waals surface area contributed by atoms with Crippen LogP contribution in [0.4, 0.5) is 0 Å². The zero-order valence-corrected chi connectivity index (χ0v) is 10.6. The van der Waals surface area contributed by atoms with Crippen LogP contribution < -0.4 is 0 Å². The van der Waals surface area contributed by atoms with Gasteiger partial charge in [-0.2, -0.15) is 0 Å². The molecule has 0 aliphatic carbocycles. The maximum absolute atomic E-state index is 9.92. The molecule has 0 radical (unpaired) electrons. The van der Waals surface area contributed by atoms with Crippen LogP contribution in [0, 0.1) is 0 Å². The van der Waals surface area contributed by atoms with Gasteiger partial charge in [-0.25, -0.2) is 4.68 Å². The van der Waals surface area contributed by atoms with Crippen LogP contribution in [-0.4, -0.2) is 55.2 Å². The molecule has 1 fully saturated rings. The van der Waals surface area contributed by atoms with E-state index in [1.807, 2.05) is 30.3 Å². The molecule has 0 amide bonds. The maximum Gasteiger partial charge on any atom is 0.180 e. The van der Waals surface area contributed by atoms with Crippen LogP contribution in [0.5, 0.6) is 0 Å². The van der Waals surface area contributed by atoms with Crippen molar-refractivity contribution in [2.75, 3.05) is 6.61 Å². The predicted octanol–water partition coefficient (Wildman–Crippen LogP) is -0.443. The second-order valence-electron chi connectivity index (χ2n) is 4.68. The molecular formula is C13H15N3O4. The summed E-state index contributed by atoms with van der Waals surface area (Å²) in [5.41, 5.74) is 1.54. The van der Waals surface area contributed by atoms with Gasteiger partial charge in [-0.05, 0) is 0 Å². The van der Waals surface area contributed by atoms with Crippen molar-refractivity contribution in [3.63, 3.8) is 0 Å². The highest BCUT2D eigenvalue weighted by Crippen LogP contribution is 2.29. The van der Waals surface area contributed by atoms with E-state index in [1.54, 1.807) is 6.20 Å². The number of nitrogens with zero attached hydrogens (tertiary/aromatic N) is 3. The van der Waals surface area contributed by atoms with Crippen LogP contribution in [0.2, 0.25) is 0 Å². The summed E-state index contributed by atoms with van der Waals surface area (Å²) in [7, 11) is 0. The molecule has 3 N–H and O–H groups in total. The van der Waals surface area contributed by atoms with Crippen LogP contribution in [0.3, 0.4) is 0 Å². The topological polar surface area (TPSA) is 101 Å². The first-order valence-corrected chi connectivity index (χ1v) is 6.30. The van der Waals surface area contributed by atoms with E-state index < -0.39 is 24.5 Å². The van der Waals surface area contributed by atoms with Crippen molar-refractivity contribution in [3.05, 3.63) is 36.5 Å². The summed E-state index contributed by atoms with van der Waals surface area (Å²) in [5, 5.41) is 36.6. The zero-order chi connectivity index (χ0) is 14.1. The first kappa shape index (κ1) is 13.2. The molecule has 0 bridgehead atoms. The molecule has 0 spiro atoms. The highest BCUT2D eigenvalue weighted by Gasteiger charge is 2.43. The summed E-state index contributed by atoms with van der Waals surface area (Å²) < 4.78 is 6.73. The van der Waals surface area contributed by atoms with E-state index in [-0.39, 0.29) is 6.61 Å². The van der Waals surface area contributed by atoms with Crippen molar-refractivity contribution >= 4 is 0 Å². The molecule has 1 saturated heterocycles. The van der Waals surface area contributed by atoms with Gasteiger partial charge in [0, 0.05) is 5.56 Å². The first-order valence-electron chi connectivity index (χ1n) is 6.30. The highest BCUT2D eigenvalue weighted by molar-refractivity contribution is 5.57. The molecule has 0 unspecified atom stereocenters. The number of ether oxygens (including phenoxy) is 1. The Labute approximate surface area is 115 Å². The minimum atomic E-state index is -1.16. The van der Waals surface area contributed by atoms with Gasteiger partial charge in [0.15, 0.2) is 6.23 Å². The Bertz CT molecular complexity index is 574. The number of hydrogen-bond acceptors (Lipinski definition) is 6. The molecule has 1 aliphatic rings. The van der Waals surface area contributed by atoms with E-state index in [9.17, 15) is 10.2 Å². The fraction of sp³-hybridized carbons (Fsp3) is 0.385. The molecule has 4 atom stereocenters. The zero-order valence-electron chi connectivity index (χ0n) is 10.6. The molecule has 2 heterocycles. The van der Waals surface area contributed by atoms with E-state index >= 15 is 0 Å². The third kappa shape index (κ3) is 2.20. The Hall–Kier alpha value is -1.80. The summed E-state index contributed by atoms with van der Waals surface area (Å²) in [6.45, 7) is -0.366. The van der Waals surface area contributed by atoms with Gasteiger partial charge in [0.25, 0.3) is 0 Å².